The normalized spacial score (nSPS) is 20.5. The molecule has 0 bridgehead atoms. The highest BCUT2D eigenvalue weighted by Crippen LogP contribution is 2.15. The lowest BCUT2D eigenvalue weighted by molar-refractivity contribution is -0.122. The molecule has 0 radical (unpaired) electrons. The highest BCUT2D eigenvalue weighted by Gasteiger charge is 2.22. The number of amides is 1. The Hall–Kier alpha value is -1.69. The van der Waals surface area contributed by atoms with Crippen molar-refractivity contribution in [2.24, 2.45) is 0 Å². The number of aromatic nitrogens is 2. The number of piperidine rings is 1. The summed E-state index contributed by atoms with van der Waals surface area (Å²) in [7, 11) is 0. The molecule has 20 heavy (non-hydrogen) atoms. The van der Waals surface area contributed by atoms with Crippen LogP contribution in [0, 0.1) is 0 Å². The van der Waals surface area contributed by atoms with Gasteiger partial charge in [-0.1, -0.05) is 0 Å². The topological polar surface area (TPSA) is 78.4 Å². The molecule has 1 aromatic heterocycles. The molecule has 1 aliphatic rings. The van der Waals surface area contributed by atoms with Crippen molar-refractivity contribution in [2.75, 3.05) is 18.0 Å². The fourth-order valence-electron chi connectivity index (χ4n) is 2.37. The first kappa shape index (κ1) is 14.7. The number of carbonyl (C=O) groups is 1. The number of nitrogens with one attached hydrogen (secondary N) is 1. The fraction of sp³-hybridized carbons (Fsp3) is 0.643. The summed E-state index contributed by atoms with van der Waals surface area (Å²) in [6.45, 7) is 3.36. The molecule has 1 fully saturated rings. The van der Waals surface area contributed by atoms with E-state index >= 15 is 0 Å². The lowest BCUT2D eigenvalue weighted by atomic mass is 10.1. The van der Waals surface area contributed by atoms with Gasteiger partial charge in [0.05, 0.1) is 6.10 Å². The summed E-state index contributed by atoms with van der Waals surface area (Å²) in [5.74, 6) is 0.724. The number of hydrogen-bond acceptors (Lipinski definition) is 5. The van der Waals surface area contributed by atoms with Gasteiger partial charge in [0.25, 0.3) is 0 Å². The largest absolute Gasteiger partial charge is 0.393 e. The van der Waals surface area contributed by atoms with Gasteiger partial charge in [-0.3, -0.25) is 4.79 Å². The second kappa shape index (κ2) is 7.19. The maximum atomic E-state index is 11.8. The van der Waals surface area contributed by atoms with E-state index in [1.807, 2.05) is 0 Å². The standard InChI is InChI=1S/C14H22N4O2/c1-11(19)5-6-13(20)17-12-4-2-9-18(10-12)14-15-7-3-8-16-14/h3,7-8,11-12,19H,2,4-6,9-10H2,1H3,(H,17,20). The molecule has 6 heteroatoms. The molecule has 0 saturated carbocycles. The van der Waals surface area contributed by atoms with Gasteiger partial charge in [-0.15, -0.1) is 0 Å². The van der Waals surface area contributed by atoms with E-state index in [-0.39, 0.29) is 11.9 Å². The van der Waals surface area contributed by atoms with Crippen LogP contribution in [0.3, 0.4) is 0 Å². The Balaban J connectivity index is 1.83. The van der Waals surface area contributed by atoms with E-state index < -0.39 is 6.10 Å². The number of rotatable bonds is 5. The predicted octanol–water partition coefficient (Wildman–Crippen LogP) is 0.723. The minimum atomic E-state index is -0.429. The van der Waals surface area contributed by atoms with Crippen LogP contribution in [-0.2, 0) is 4.79 Å². The highest BCUT2D eigenvalue weighted by molar-refractivity contribution is 5.76. The molecule has 2 atom stereocenters. The minimum Gasteiger partial charge on any atom is -0.393 e. The van der Waals surface area contributed by atoms with Gasteiger partial charge in [0, 0.05) is 37.9 Å². The average molecular weight is 278 g/mol. The van der Waals surface area contributed by atoms with Gasteiger partial charge in [-0.2, -0.15) is 0 Å². The Bertz CT molecular complexity index is 424. The molecule has 2 unspecified atom stereocenters. The average Bonchev–Trinajstić information content (AvgIpc) is 2.46. The third kappa shape index (κ3) is 4.45. The number of aliphatic hydroxyl groups excluding tert-OH is 1. The van der Waals surface area contributed by atoms with E-state index in [0.717, 1.165) is 31.9 Å². The smallest absolute Gasteiger partial charge is 0.225 e. The van der Waals surface area contributed by atoms with Gasteiger partial charge in [0.1, 0.15) is 0 Å². The zero-order valence-electron chi connectivity index (χ0n) is 11.8. The fourth-order valence-corrected chi connectivity index (χ4v) is 2.37. The molecule has 110 valence electrons. The summed E-state index contributed by atoms with van der Waals surface area (Å²) < 4.78 is 0. The molecular formula is C14H22N4O2. The van der Waals surface area contributed by atoms with Crippen molar-refractivity contribution in [3.05, 3.63) is 18.5 Å². The molecule has 0 spiro atoms. The number of nitrogens with zero attached hydrogens (tertiary/aromatic N) is 3. The van der Waals surface area contributed by atoms with Crippen molar-refractivity contribution < 1.29 is 9.90 Å². The summed E-state index contributed by atoms with van der Waals surface area (Å²) in [5.41, 5.74) is 0. The third-order valence-electron chi connectivity index (χ3n) is 3.41. The van der Waals surface area contributed by atoms with Crippen LogP contribution in [0.25, 0.3) is 0 Å². The first-order chi connectivity index (χ1) is 9.65. The molecule has 2 heterocycles. The number of aliphatic hydroxyl groups is 1. The maximum Gasteiger partial charge on any atom is 0.225 e. The van der Waals surface area contributed by atoms with Crippen LogP contribution >= 0.6 is 0 Å². The van der Waals surface area contributed by atoms with E-state index in [2.05, 4.69) is 20.2 Å². The van der Waals surface area contributed by atoms with Crippen LogP contribution in [0.4, 0.5) is 5.95 Å². The summed E-state index contributed by atoms with van der Waals surface area (Å²) in [4.78, 5) is 22.4. The maximum absolute atomic E-state index is 11.8. The zero-order valence-corrected chi connectivity index (χ0v) is 11.8. The second-order valence-corrected chi connectivity index (χ2v) is 5.29. The van der Waals surface area contributed by atoms with E-state index in [1.165, 1.54) is 0 Å². The van der Waals surface area contributed by atoms with Gasteiger partial charge >= 0.3 is 0 Å². The lowest BCUT2D eigenvalue weighted by Crippen LogP contribution is -2.48. The molecule has 0 aliphatic carbocycles. The highest BCUT2D eigenvalue weighted by atomic mass is 16.3. The van der Waals surface area contributed by atoms with Crippen LogP contribution in [0.5, 0.6) is 0 Å². The number of anilines is 1. The minimum absolute atomic E-state index is 0.00623. The van der Waals surface area contributed by atoms with E-state index in [0.29, 0.717) is 12.8 Å². The monoisotopic (exact) mass is 278 g/mol. The SMILES string of the molecule is CC(O)CCC(=O)NC1CCCN(c2ncccn2)C1. The molecule has 2 N–H and O–H groups in total. The van der Waals surface area contributed by atoms with Crippen molar-refractivity contribution in [3.8, 4) is 0 Å². The van der Waals surface area contributed by atoms with Crippen LogP contribution in [0.15, 0.2) is 18.5 Å². The van der Waals surface area contributed by atoms with Gasteiger partial charge in [0.15, 0.2) is 0 Å². The molecule has 1 saturated heterocycles. The molecule has 0 aromatic carbocycles. The summed E-state index contributed by atoms with van der Waals surface area (Å²) in [6, 6.07) is 1.93. The molecule has 1 aromatic rings. The van der Waals surface area contributed by atoms with Crippen LogP contribution < -0.4 is 10.2 Å². The van der Waals surface area contributed by atoms with Crippen LogP contribution in [-0.4, -0.2) is 46.2 Å². The van der Waals surface area contributed by atoms with Crippen molar-refractivity contribution >= 4 is 11.9 Å². The summed E-state index contributed by atoms with van der Waals surface area (Å²) >= 11 is 0. The Morgan fingerprint density at radius 3 is 3.00 bits per heavy atom. The first-order valence-corrected chi connectivity index (χ1v) is 7.14. The van der Waals surface area contributed by atoms with E-state index in [4.69, 9.17) is 0 Å². The van der Waals surface area contributed by atoms with Gasteiger partial charge in [-0.05, 0) is 32.3 Å². The second-order valence-electron chi connectivity index (χ2n) is 5.29. The summed E-state index contributed by atoms with van der Waals surface area (Å²) in [6.07, 6.45) is 5.89. The molecule has 1 aliphatic heterocycles. The quantitative estimate of drug-likeness (QED) is 0.830. The Labute approximate surface area is 119 Å². The van der Waals surface area contributed by atoms with E-state index in [9.17, 15) is 9.90 Å². The number of hydrogen-bond donors (Lipinski definition) is 2. The Kier molecular flexibility index (Phi) is 5.29. The van der Waals surface area contributed by atoms with Crippen molar-refractivity contribution in [3.63, 3.8) is 0 Å². The molecular weight excluding hydrogens is 256 g/mol. The van der Waals surface area contributed by atoms with Crippen molar-refractivity contribution in [2.45, 2.75) is 44.8 Å². The van der Waals surface area contributed by atoms with E-state index in [1.54, 1.807) is 25.4 Å². The van der Waals surface area contributed by atoms with Crippen LogP contribution in [0.2, 0.25) is 0 Å². The zero-order chi connectivity index (χ0) is 14.4. The molecule has 2 rings (SSSR count). The third-order valence-corrected chi connectivity index (χ3v) is 3.41. The van der Waals surface area contributed by atoms with Gasteiger partial charge < -0.3 is 15.3 Å². The van der Waals surface area contributed by atoms with Crippen molar-refractivity contribution in [1.82, 2.24) is 15.3 Å². The van der Waals surface area contributed by atoms with Gasteiger partial charge in [0.2, 0.25) is 11.9 Å². The lowest BCUT2D eigenvalue weighted by Gasteiger charge is -2.33. The van der Waals surface area contributed by atoms with Crippen molar-refractivity contribution in [1.29, 1.82) is 0 Å². The molecule has 6 nitrogen and oxygen atoms in total. The molecule has 1 amide bonds. The van der Waals surface area contributed by atoms with Crippen LogP contribution in [0.1, 0.15) is 32.6 Å². The predicted molar refractivity (Wildman–Crippen MR) is 76.3 cm³/mol. The Morgan fingerprint density at radius 1 is 1.55 bits per heavy atom. The Morgan fingerprint density at radius 2 is 2.30 bits per heavy atom. The van der Waals surface area contributed by atoms with Gasteiger partial charge in [-0.25, -0.2) is 9.97 Å². The summed E-state index contributed by atoms with van der Waals surface area (Å²) in [5, 5.41) is 12.2. The number of carbonyl (C=O) groups excluding carboxylic acids is 1. The first-order valence-electron chi connectivity index (χ1n) is 7.14.